The van der Waals surface area contributed by atoms with Gasteiger partial charge in [-0.15, -0.1) is 0 Å². The van der Waals surface area contributed by atoms with Crippen molar-refractivity contribution in [3.63, 3.8) is 0 Å². The number of nitrogens with zero attached hydrogens (tertiary/aromatic N) is 1. The summed E-state index contributed by atoms with van der Waals surface area (Å²) in [5.74, 6) is 3.28. The third-order valence-electron chi connectivity index (χ3n) is 3.48. The molecule has 1 saturated heterocycles. The SMILES string of the molecule is CCCCCC[N+]1(CC#CI)CCCC1. The highest BCUT2D eigenvalue weighted by Crippen LogP contribution is 2.20. The zero-order valence-electron chi connectivity index (χ0n) is 9.90. The molecule has 1 aliphatic rings. The van der Waals surface area contributed by atoms with Gasteiger partial charge in [0.25, 0.3) is 0 Å². The van der Waals surface area contributed by atoms with E-state index in [1.807, 2.05) is 0 Å². The Bertz CT molecular complexity index is 220. The Hall–Kier alpha value is 0.250. The highest BCUT2D eigenvalue weighted by atomic mass is 127. The molecule has 0 aliphatic carbocycles. The van der Waals surface area contributed by atoms with Crippen molar-refractivity contribution in [1.29, 1.82) is 0 Å². The highest BCUT2D eigenvalue weighted by molar-refractivity contribution is 14.1. The van der Waals surface area contributed by atoms with Crippen molar-refractivity contribution < 1.29 is 4.48 Å². The maximum atomic E-state index is 3.28. The number of hydrogen-bond donors (Lipinski definition) is 0. The van der Waals surface area contributed by atoms with Gasteiger partial charge in [0, 0.05) is 35.4 Å². The van der Waals surface area contributed by atoms with Gasteiger partial charge in [0.1, 0.15) is 6.54 Å². The lowest BCUT2D eigenvalue weighted by atomic mass is 10.2. The van der Waals surface area contributed by atoms with Gasteiger partial charge in [-0.1, -0.05) is 19.8 Å². The van der Waals surface area contributed by atoms with Gasteiger partial charge in [0.05, 0.1) is 19.6 Å². The molecule has 0 N–H and O–H groups in total. The quantitative estimate of drug-likeness (QED) is 0.304. The average molecular weight is 320 g/mol. The summed E-state index contributed by atoms with van der Waals surface area (Å²) >= 11 is 2.16. The van der Waals surface area contributed by atoms with Crippen molar-refractivity contribution >= 4 is 22.6 Å². The Kier molecular flexibility index (Phi) is 6.67. The highest BCUT2D eigenvalue weighted by Gasteiger charge is 2.30. The second-order valence-corrected chi connectivity index (χ2v) is 5.25. The van der Waals surface area contributed by atoms with Gasteiger partial charge in [0.15, 0.2) is 0 Å². The van der Waals surface area contributed by atoms with Gasteiger partial charge in [-0.3, -0.25) is 0 Å². The Balaban J connectivity index is 2.31. The Morgan fingerprint density at radius 2 is 1.87 bits per heavy atom. The molecule has 1 rings (SSSR count). The summed E-state index contributed by atoms with van der Waals surface area (Å²) in [5, 5.41) is 0. The Morgan fingerprint density at radius 3 is 2.47 bits per heavy atom. The first kappa shape index (κ1) is 13.3. The van der Waals surface area contributed by atoms with Crippen LogP contribution >= 0.6 is 22.6 Å². The fraction of sp³-hybridized carbons (Fsp3) is 0.846. The lowest BCUT2D eigenvalue weighted by Gasteiger charge is -2.32. The third kappa shape index (κ3) is 4.74. The number of hydrogen-bond acceptors (Lipinski definition) is 0. The molecule has 0 radical (unpaired) electrons. The first-order valence-corrected chi connectivity index (χ1v) is 7.34. The number of likely N-dealkylation sites (tertiary alicyclic amines) is 1. The van der Waals surface area contributed by atoms with E-state index >= 15 is 0 Å². The predicted molar refractivity (Wildman–Crippen MR) is 74.9 cm³/mol. The fourth-order valence-corrected chi connectivity index (χ4v) is 2.71. The lowest BCUT2D eigenvalue weighted by molar-refractivity contribution is -0.910. The smallest absolute Gasteiger partial charge is 0.141 e. The summed E-state index contributed by atoms with van der Waals surface area (Å²) in [6.07, 6.45) is 8.38. The minimum atomic E-state index is 1.09. The first-order valence-electron chi connectivity index (χ1n) is 6.26. The zero-order chi connectivity index (χ0) is 11.0. The molecule has 0 saturated carbocycles. The van der Waals surface area contributed by atoms with Crippen LogP contribution in [0.4, 0.5) is 0 Å². The summed E-state index contributed by atoms with van der Waals surface area (Å²) in [4.78, 5) is 0. The molecule has 15 heavy (non-hydrogen) atoms. The molecule has 2 heteroatoms. The standard InChI is InChI=1S/C13H23IN/c1-2-3-4-5-10-15(13-8-9-14)11-6-7-12-15/h2-7,10-13H2,1H3/q+1. The van der Waals surface area contributed by atoms with E-state index < -0.39 is 0 Å². The molecular formula is C13H23IN+. The van der Waals surface area contributed by atoms with Crippen LogP contribution < -0.4 is 0 Å². The van der Waals surface area contributed by atoms with E-state index in [9.17, 15) is 0 Å². The van der Waals surface area contributed by atoms with Crippen molar-refractivity contribution in [3.05, 3.63) is 0 Å². The molecule has 0 spiro atoms. The lowest BCUT2D eigenvalue weighted by Crippen LogP contribution is -2.46. The van der Waals surface area contributed by atoms with E-state index in [1.165, 1.54) is 62.6 Å². The topological polar surface area (TPSA) is 0 Å². The third-order valence-corrected chi connectivity index (χ3v) is 3.86. The molecule has 0 aromatic rings. The average Bonchev–Trinajstić information content (AvgIpc) is 2.71. The second-order valence-electron chi connectivity index (χ2n) is 4.71. The van der Waals surface area contributed by atoms with E-state index in [2.05, 4.69) is 39.4 Å². The van der Waals surface area contributed by atoms with Crippen LogP contribution in [0.3, 0.4) is 0 Å². The van der Waals surface area contributed by atoms with Crippen molar-refractivity contribution in [2.75, 3.05) is 26.2 Å². The van der Waals surface area contributed by atoms with E-state index in [1.54, 1.807) is 0 Å². The van der Waals surface area contributed by atoms with Crippen LogP contribution in [0, 0.1) is 9.85 Å². The van der Waals surface area contributed by atoms with Gasteiger partial charge in [-0.05, 0) is 22.7 Å². The minimum absolute atomic E-state index is 1.09. The minimum Gasteiger partial charge on any atom is -0.313 e. The summed E-state index contributed by atoms with van der Waals surface area (Å²) in [6, 6.07) is 0. The number of rotatable bonds is 6. The van der Waals surface area contributed by atoms with Gasteiger partial charge < -0.3 is 4.48 Å². The summed E-state index contributed by atoms with van der Waals surface area (Å²) < 4.78 is 4.32. The molecule has 0 atom stereocenters. The molecule has 86 valence electrons. The van der Waals surface area contributed by atoms with Crippen LogP contribution in [0.1, 0.15) is 45.4 Å². The number of quaternary nitrogens is 1. The summed E-state index contributed by atoms with van der Waals surface area (Å²) in [6.45, 7) is 7.48. The van der Waals surface area contributed by atoms with Crippen LogP contribution in [0.5, 0.6) is 0 Å². The Morgan fingerprint density at radius 1 is 1.13 bits per heavy atom. The van der Waals surface area contributed by atoms with Crippen molar-refractivity contribution in [2.45, 2.75) is 45.4 Å². The van der Waals surface area contributed by atoms with Crippen LogP contribution in [-0.2, 0) is 0 Å². The molecular weight excluding hydrogens is 297 g/mol. The fourth-order valence-electron chi connectivity index (χ4n) is 2.54. The maximum absolute atomic E-state index is 3.28. The maximum Gasteiger partial charge on any atom is 0.141 e. The van der Waals surface area contributed by atoms with E-state index in [0.29, 0.717) is 0 Å². The number of halogens is 1. The van der Waals surface area contributed by atoms with Gasteiger partial charge >= 0.3 is 0 Å². The van der Waals surface area contributed by atoms with Crippen LogP contribution in [0.15, 0.2) is 0 Å². The summed E-state index contributed by atoms with van der Waals surface area (Å²) in [7, 11) is 0. The molecule has 0 bridgehead atoms. The van der Waals surface area contributed by atoms with Crippen molar-refractivity contribution in [3.8, 4) is 9.85 Å². The molecule has 1 aliphatic heterocycles. The monoisotopic (exact) mass is 320 g/mol. The zero-order valence-corrected chi connectivity index (χ0v) is 12.1. The Labute approximate surface area is 108 Å². The van der Waals surface area contributed by atoms with Crippen LogP contribution in [0.25, 0.3) is 0 Å². The van der Waals surface area contributed by atoms with E-state index in [0.717, 1.165) is 6.54 Å². The molecule has 0 amide bonds. The van der Waals surface area contributed by atoms with Gasteiger partial charge in [-0.25, -0.2) is 0 Å². The first-order chi connectivity index (χ1) is 7.33. The molecule has 0 aromatic heterocycles. The van der Waals surface area contributed by atoms with Gasteiger partial charge in [-0.2, -0.15) is 0 Å². The predicted octanol–water partition coefficient (Wildman–Crippen LogP) is 3.57. The van der Waals surface area contributed by atoms with Crippen LogP contribution in [-0.4, -0.2) is 30.7 Å². The van der Waals surface area contributed by atoms with E-state index in [-0.39, 0.29) is 0 Å². The largest absolute Gasteiger partial charge is 0.313 e. The second kappa shape index (κ2) is 7.51. The van der Waals surface area contributed by atoms with Crippen molar-refractivity contribution in [1.82, 2.24) is 0 Å². The molecule has 0 unspecified atom stereocenters. The van der Waals surface area contributed by atoms with Crippen molar-refractivity contribution in [2.24, 2.45) is 0 Å². The van der Waals surface area contributed by atoms with Crippen LogP contribution in [0.2, 0.25) is 0 Å². The normalized spacial score (nSPS) is 18.5. The molecule has 1 heterocycles. The molecule has 1 nitrogen and oxygen atoms in total. The number of unbranched alkanes of at least 4 members (excludes halogenated alkanes) is 3. The molecule has 1 fully saturated rings. The van der Waals surface area contributed by atoms with Gasteiger partial charge in [0.2, 0.25) is 0 Å². The summed E-state index contributed by atoms with van der Waals surface area (Å²) in [5.41, 5.74) is 0. The van der Waals surface area contributed by atoms with E-state index in [4.69, 9.17) is 0 Å². The molecule has 0 aromatic carbocycles.